The number of ketones is 1. The molecule has 0 saturated carbocycles. The van der Waals surface area contributed by atoms with Gasteiger partial charge in [0.15, 0.2) is 11.5 Å². The number of nitriles is 1. The fourth-order valence-electron chi connectivity index (χ4n) is 3.04. The Hall–Kier alpha value is -3.68. The van der Waals surface area contributed by atoms with E-state index >= 15 is 0 Å². The lowest BCUT2D eigenvalue weighted by Crippen LogP contribution is -2.06. The van der Waals surface area contributed by atoms with Crippen molar-refractivity contribution in [3.05, 3.63) is 107 Å². The summed E-state index contributed by atoms with van der Waals surface area (Å²) in [6, 6.07) is 27.4. The number of carbonyl (C=O) groups is 1. The molecule has 3 aromatic carbocycles. The van der Waals surface area contributed by atoms with Gasteiger partial charge in [-0.1, -0.05) is 72.3 Å². The van der Waals surface area contributed by atoms with Gasteiger partial charge in [-0.3, -0.25) is 4.79 Å². The Morgan fingerprint density at radius 2 is 1.50 bits per heavy atom. The van der Waals surface area contributed by atoms with Gasteiger partial charge in [0.25, 0.3) is 0 Å². The zero-order chi connectivity index (χ0) is 19.5. The number of para-hydroxylation sites is 1. The van der Waals surface area contributed by atoms with Crippen molar-refractivity contribution in [2.75, 3.05) is 0 Å². The molecule has 0 bridgehead atoms. The molecule has 1 aromatic heterocycles. The summed E-state index contributed by atoms with van der Waals surface area (Å²) in [6.07, 6.45) is 0. The van der Waals surface area contributed by atoms with Crippen molar-refractivity contribution in [1.29, 1.82) is 5.26 Å². The fraction of sp³-hybridized carbons (Fsp3) is 0. The summed E-state index contributed by atoms with van der Waals surface area (Å²) in [5.74, 6) is -0.246. The van der Waals surface area contributed by atoms with E-state index in [1.165, 1.54) is 4.68 Å². The highest BCUT2D eigenvalue weighted by atomic mass is 35.5. The molecule has 134 valence electrons. The molecule has 4 rings (SSSR count). The molecule has 1 heterocycles. The van der Waals surface area contributed by atoms with E-state index in [9.17, 15) is 10.1 Å². The van der Waals surface area contributed by atoms with Gasteiger partial charge >= 0.3 is 0 Å². The maximum absolute atomic E-state index is 13.3. The zero-order valence-electron chi connectivity index (χ0n) is 14.7. The molecule has 0 N–H and O–H groups in total. The number of halogens is 1. The van der Waals surface area contributed by atoms with Crippen LogP contribution in [-0.4, -0.2) is 15.6 Å². The number of benzene rings is 3. The van der Waals surface area contributed by atoms with Crippen LogP contribution in [0.2, 0.25) is 5.02 Å². The second kappa shape index (κ2) is 7.51. The Morgan fingerprint density at radius 3 is 2.11 bits per heavy atom. The minimum Gasteiger partial charge on any atom is -0.288 e. The van der Waals surface area contributed by atoms with E-state index in [4.69, 9.17) is 11.6 Å². The van der Waals surface area contributed by atoms with Crippen LogP contribution in [0.3, 0.4) is 0 Å². The van der Waals surface area contributed by atoms with Crippen LogP contribution in [0.15, 0.2) is 84.9 Å². The smallest absolute Gasteiger partial charge is 0.198 e. The molecule has 0 aliphatic carbocycles. The van der Waals surface area contributed by atoms with Gasteiger partial charge in [0.05, 0.1) is 11.3 Å². The predicted molar refractivity (Wildman–Crippen MR) is 109 cm³/mol. The number of hydrogen-bond acceptors (Lipinski definition) is 3. The zero-order valence-corrected chi connectivity index (χ0v) is 15.5. The summed E-state index contributed by atoms with van der Waals surface area (Å²) in [4.78, 5) is 13.3. The van der Waals surface area contributed by atoms with Crippen molar-refractivity contribution < 1.29 is 4.79 Å². The van der Waals surface area contributed by atoms with Gasteiger partial charge < -0.3 is 0 Å². The Morgan fingerprint density at radius 1 is 0.893 bits per heavy atom. The van der Waals surface area contributed by atoms with Crippen LogP contribution in [0.5, 0.6) is 0 Å². The molecule has 0 aliphatic rings. The van der Waals surface area contributed by atoms with Crippen molar-refractivity contribution in [2.45, 2.75) is 0 Å². The molecular weight excluding hydrogens is 370 g/mol. The number of hydrogen-bond donors (Lipinski definition) is 0. The van der Waals surface area contributed by atoms with Gasteiger partial charge in [0, 0.05) is 16.1 Å². The number of rotatable bonds is 4. The summed E-state index contributed by atoms with van der Waals surface area (Å²) >= 11 is 6.01. The first kappa shape index (κ1) is 17.7. The lowest BCUT2D eigenvalue weighted by molar-refractivity contribution is 0.103. The van der Waals surface area contributed by atoms with E-state index in [1.807, 2.05) is 36.4 Å². The summed E-state index contributed by atoms with van der Waals surface area (Å²) in [5, 5.41) is 15.1. The molecule has 0 radical (unpaired) electrons. The van der Waals surface area contributed by atoms with E-state index in [2.05, 4.69) is 11.2 Å². The minimum atomic E-state index is -0.246. The van der Waals surface area contributed by atoms with Crippen molar-refractivity contribution >= 4 is 17.4 Å². The van der Waals surface area contributed by atoms with Crippen LogP contribution in [0, 0.1) is 11.3 Å². The Labute approximate surface area is 167 Å². The molecule has 0 atom stereocenters. The molecule has 0 fully saturated rings. The van der Waals surface area contributed by atoms with E-state index in [0.29, 0.717) is 22.0 Å². The highest BCUT2D eigenvalue weighted by Gasteiger charge is 2.26. The first-order chi connectivity index (χ1) is 13.7. The molecule has 28 heavy (non-hydrogen) atoms. The molecular formula is C23H14ClN3O. The molecule has 4 aromatic rings. The highest BCUT2D eigenvalue weighted by molar-refractivity contribution is 6.30. The van der Waals surface area contributed by atoms with E-state index in [-0.39, 0.29) is 17.0 Å². The molecule has 4 nitrogen and oxygen atoms in total. The fourth-order valence-corrected chi connectivity index (χ4v) is 3.16. The lowest BCUT2D eigenvalue weighted by Gasteiger charge is -2.04. The van der Waals surface area contributed by atoms with Gasteiger partial charge in [0.1, 0.15) is 11.8 Å². The standard InChI is InChI=1S/C23H14ClN3O/c24-18-13-11-16(12-14-18)22-21(23(28)17-7-3-1-4-8-17)20(15-25)27(26-22)19-9-5-2-6-10-19/h1-14H. The molecule has 0 unspecified atom stereocenters. The first-order valence-corrected chi connectivity index (χ1v) is 9.01. The third-order valence-corrected chi connectivity index (χ3v) is 4.62. The van der Waals surface area contributed by atoms with Crippen LogP contribution in [0.1, 0.15) is 21.6 Å². The largest absolute Gasteiger partial charge is 0.288 e. The van der Waals surface area contributed by atoms with E-state index in [0.717, 1.165) is 5.56 Å². The average Bonchev–Trinajstić information content (AvgIpc) is 3.14. The third kappa shape index (κ3) is 3.20. The topological polar surface area (TPSA) is 58.7 Å². The maximum atomic E-state index is 13.3. The monoisotopic (exact) mass is 383 g/mol. The summed E-state index contributed by atoms with van der Waals surface area (Å²) in [7, 11) is 0. The van der Waals surface area contributed by atoms with Crippen LogP contribution >= 0.6 is 11.6 Å². The van der Waals surface area contributed by atoms with Crippen molar-refractivity contribution in [3.8, 4) is 23.0 Å². The van der Waals surface area contributed by atoms with Crippen LogP contribution in [-0.2, 0) is 0 Å². The number of carbonyl (C=O) groups excluding carboxylic acids is 1. The van der Waals surface area contributed by atoms with Gasteiger partial charge in [-0.15, -0.1) is 0 Å². The number of aromatic nitrogens is 2. The summed E-state index contributed by atoms with van der Waals surface area (Å²) in [5.41, 5.74) is 2.86. The molecule has 0 aliphatic heterocycles. The SMILES string of the molecule is N#Cc1c(C(=O)c2ccccc2)c(-c2ccc(Cl)cc2)nn1-c1ccccc1. The quantitative estimate of drug-likeness (QED) is 0.449. The predicted octanol–water partition coefficient (Wildman–Crippen LogP) is 5.30. The summed E-state index contributed by atoms with van der Waals surface area (Å²) < 4.78 is 1.51. The van der Waals surface area contributed by atoms with E-state index < -0.39 is 0 Å². The Bertz CT molecular complexity index is 1170. The van der Waals surface area contributed by atoms with Gasteiger partial charge in [-0.25, -0.2) is 4.68 Å². The number of nitrogens with zero attached hydrogens (tertiary/aromatic N) is 3. The van der Waals surface area contributed by atoms with Crippen molar-refractivity contribution in [3.63, 3.8) is 0 Å². The van der Waals surface area contributed by atoms with Crippen LogP contribution < -0.4 is 0 Å². The van der Waals surface area contributed by atoms with Gasteiger partial charge in [-0.2, -0.15) is 10.4 Å². The summed E-state index contributed by atoms with van der Waals surface area (Å²) in [6.45, 7) is 0. The highest BCUT2D eigenvalue weighted by Crippen LogP contribution is 2.30. The first-order valence-electron chi connectivity index (χ1n) is 8.63. The third-order valence-electron chi connectivity index (χ3n) is 4.37. The Balaban J connectivity index is 1.99. The molecule has 0 saturated heterocycles. The van der Waals surface area contributed by atoms with Gasteiger partial charge in [-0.05, 0) is 24.3 Å². The Kier molecular flexibility index (Phi) is 4.76. The molecule has 5 heteroatoms. The second-order valence-corrected chi connectivity index (χ2v) is 6.57. The van der Waals surface area contributed by atoms with Crippen molar-refractivity contribution in [1.82, 2.24) is 9.78 Å². The maximum Gasteiger partial charge on any atom is 0.198 e. The lowest BCUT2D eigenvalue weighted by atomic mass is 9.98. The van der Waals surface area contributed by atoms with Crippen molar-refractivity contribution in [2.24, 2.45) is 0 Å². The molecule has 0 spiro atoms. The second-order valence-electron chi connectivity index (χ2n) is 6.13. The minimum absolute atomic E-state index is 0.199. The average molecular weight is 384 g/mol. The van der Waals surface area contributed by atoms with Crippen LogP contribution in [0.4, 0.5) is 0 Å². The normalized spacial score (nSPS) is 10.4. The van der Waals surface area contributed by atoms with Gasteiger partial charge in [0.2, 0.25) is 0 Å². The van der Waals surface area contributed by atoms with E-state index in [1.54, 1.807) is 48.5 Å². The van der Waals surface area contributed by atoms with Crippen LogP contribution in [0.25, 0.3) is 16.9 Å². The molecule has 0 amide bonds.